The number of ether oxygens (including phenoxy) is 1. The predicted molar refractivity (Wildman–Crippen MR) is 80.5 cm³/mol. The zero-order valence-corrected chi connectivity index (χ0v) is 13.2. The van der Waals surface area contributed by atoms with Crippen molar-refractivity contribution in [1.29, 1.82) is 0 Å². The molecule has 3 nitrogen and oxygen atoms in total. The van der Waals surface area contributed by atoms with Gasteiger partial charge in [-0.15, -0.1) is 0 Å². The van der Waals surface area contributed by atoms with Gasteiger partial charge in [0.15, 0.2) is 0 Å². The van der Waals surface area contributed by atoms with Gasteiger partial charge in [0, 0.05) is 10.7 Å². The molecule has 0 unspecified atom stereocenters. The second-order valence-electron chi connectivity index (χ2n) is 4.38. The fourth-order valence-corrected chi connectivity index (χ4v) is 2.68. The maximum Gasteiger partial charge on any atom is 0.261 e. The van der Waals surface area contributed by atoms with Gasteiger partial charge in [-0.25, -0.2) is 8.42 Å². The lowest BCUT2D eigenvalue weighted by molar-refractivity contribution is 0.482. The topological polar surface area (TPSA) is 43.4 Å². The molecule has 0 aliphatic heterocycles. The molecule has 106 valence electrons. The summed E-state index contributed by atoms with van der Waals surface area (Å²) in [6.07, 6.45) is 0. The minimum atomic E-state index is -3.80. The number of benzene rings is 2. The third-order valence-corrected chi connectivity index (χ3v) is 4.54. The maximum absolute atomic E-state index is 11.2. The van der Waals surface area contributed by atoms with Gasteiger partial charge in [0.05, 0.1) is 9.92 Å². The van der Waals surface area contributed by atoms with Crippen LogP contribution in [0.1, 0.15) is 11.1 Å². The summed E-state index contributed by atoms with van der Waals surface area (Å²) in [5.74, 6) is 1.01. The average molecular weight is 331 g/mol. The van der Waals surface area contributed by atoms with Crippen molar-refractivity contribution in [2.75, 3.05) is 0 Å². The first kappa shape index (κ1) is 15.2. The molecule has 2 rings (SSSR count). The molecule has 0 saturated carbocycles. The van der Waals surface area contributed by atoms with Crippen molar-refractivity contribution >= 4 is 31.3 Å². The molecule has 20 heavy (non-hydrogen) atoms. The first-order valence-electron chi connectivity index (χ1n) is 5.77. The molecule has 0 N–H and O–H groups in total. The molecular weight excluding hydrogens is 319 g/mol. The van der Waals surface area contributed by atoms with Crippen molar-refractivity contribution in [3.05, 3.63) is 52.5 Å². The molecule has 2 aromatic rings. The second kappa shape index (κ2) is 5.64. The quantitative estimate of drug-likeness (QED) is 0.767. The Hall–Kier alpha value is -1.23. The Morgan fingerprint density at radius 2 is 1.70 bits per heavy atom. The molecule has 0 aliphatic carbocycles. The average Bonchev–Trinajstić information content (AvgIpc) is 2.35. The number of hydrogen-bond acceptors (Lipinski definition) is 3. The van der Waals surface area contributed by atoms with Crippen molar-refractivity contribution in [2.45, 2.75) is 18.7 Å². The Morgan fingerprint density at radius 1 is 1.00 bits per heavy atom. The van der Waals surface area contributed by atoms with Crippen molar-refractivity contribution < 1.29 is 13.2 Å². The van der Waals surface area contributed by atoms with Crippen LogP contribution in [0, 0.1) is 13.8 Å². The van der Waals surface area contributed by atoms with Gasteiger partial charge in [0.2, 0.25) is 0 Å². The highest BCUT2D eigenvalue weighted by Crippen LogP contribution is 2.32. The number of hydrogen-bond donors (Lipinski definition) is 0. The third-order valence-electron chi connectivity index (χ3n) is 2.89. The largest absolute Gasteiger partial charge is 0.456 e. The zero-order valence-electron chi connectivity index (χ0n) is 10.9. The Labute approximate surface area is 127 Å². The van der Waals surface area contributed by atoms with Gasteiger partial charge < -0.3 is 4.74 Å². The van der Waals surface area contributed by atoms with Crippen LogP contribution in [0.4, 0.5) is 0 Å². The summed E-state index contributed by atoms with van der Waals surface area (Å²) in [5, 5.41) is 0.185. The molecular formula is C14H12Cl2O3S. The maximum atomic E-state index is 11.2. The van der Waals surface area contributed by atoms with E-state index in [2.05, 4.69) is 0 Å². The van der Waals surface area contributed by atoms with Gasteiger partial charge in [-0.1, -0.05) is 17.7 Å². The summed E-state index contributed by atoms with van der Waals surface area (Å²) in [4.78, 5) is -0.0587. The lowest BCUT2D eigenvalue weighted by atomic mass is 10.1. The van der Waals surface area contributed by atoms with E-state index in [-0.39, 0.29) is 9.92 Å². The van der Waals surface area contributed by atoms with E-state index in [0.717, 1.165) is 11.1 Å². The molecule has 0 aromatic heterocycles. The van der Waals surface area contributed by atoms with E-state index in [1.807, 2.05) is 32.0 Å². The fraction of sp³-hybridized carbons (Fsp3) is 0.143. The van der Waals surface area contributed by atoms with Crippen LogP contribution in [0.25, 0.3) is 0 Å². The van der Waals surface area contributed by atoms with E-state index in [0.29, 0.717) is 11.5 Å². The molecule has 0 atom stereocenters. The fourth-order valence-electron chi connectivity index (χ4n) is 1.62. The lowest BCUT2D eigenvalue weighted by Gasteiger charge is -2.10. The van der Waals surface area contributed by atoms with Crippen LogP contribution in [-0.2, 0) is 9.05 Å². The van der Waals surface area contributed by atoms with Crippen LogP contribution in [0.2, 0.25) is 5.02 Å². The summed E-state index contributed by atoms with van der Waals surface area (Å²) in [5.41, 5.74) is 2.26. The highest BCUT2D eigenvalue weighted by atomic mass is 35.7. The molecule has 0 amide bonds. The van der Waals surface area contributed by atoms with Crippen LogP contribution in [0.5, 0.6) is 11.5 Å². The molecule has 0 spiro atoms. The Kier molecular flexibility index (Phi) is 4.28. The van der Waals surface area contributed by atoms with E-state index in [9.17, 15) is 8.42 Å². The summed E-state index contributed by atoms with van der Waals surface area (Å²) in [6.45, 7) is 3.99. The Morgan fingerprint density at radius 3 is 2.25 bits per heavy atom. The van der Waals surface area contributed by atoms with E-state index < -0.39 is 9.05 Å². The summed E-state index contributed by atoms with van der Waals surface area (Å²) < 4.78 is 28.0. The number of rotatable bonds is 3. The van der Waals surface area contributed by atoms with E-state index in [4.69, 9.17) is 27.0 Å². The van der Waals surface area contributed by atoms with E-state index >= 15 is 0 Å². The Bertz CT molecular complexity index is 755. The third kappa shape index (κ3) is 3.45. The normalized spacial score (nSPS) is 11.4. The number of halogens is 2. The molecule has 2 aromatic carbocycles. The van der Waals surface area contributed by atoms with Gasteiger partial charge >= 0.3 is 0 Å². The smallest absolute Gasteiger partial charge is 0.261 e. The lowest BCUT2D eigenvalue weighted by Crippen LogP contribution is -1.92. The van der Waals surface area contributed by atoms with Gasteiger partial charge in [-0.2, -0.15) is 0 Å². The van der Waals surface area contributed by atoms with Gasteiger partial charge in [0.25, 0.3) is 9.05 Å². The van der Waals surface area contributed by atoms with Gasteiger partial charge in [0.1, 0.15) is 11.5 Å². The molecule has 6 heteroatoms. The SMILES string of the molecule is Cc1ccc(Oc2ccc(S(=O)(=O)Cl)cc2Cl)cc1C. The monoisotopic (exact) mass is 330 g/mol. The molecule has 0 aliphatic rings. The van der Waals surface area contributed by atoms with Crippen LogP contribution >= 0.6 is 22.3 Å². The minimum absolute atomic E-state index is 0.0587. The second-order valence-corrected chi connectivity index (χ2v) is 7.35. The van der Waals surface area contributed by atoms with Gasteiger partial charge in [-0.05, 0) is 55.3 Å². The van der Waals surface area contributed by atoms with Crippen LogP contribution in [0.15, 0.2) is 41.3 Å². The summed E-state index contributed by atoms with van der Waals surface area (Å²) in [6, 6.07) is 9.75. The van der Waals surface area contributed by atoms with E-state index in [1.165, 1.54) is 18.2 Å². The highest BCUT2D eigenvalue weighted by Gasteiger charge is 2.13. The summed E-state index contributed by atoms with van der Waals surface area (Å²) in [7, 11) is 1.46. The van der Waals surface area contributed by atoms with Gasteiger partial charge in [-0.3, -0.25) is 0 Å². The molecule has 0 radical (unpaired) electrons. The molecule has 0 bridgehead atoms. The van der Waals surface area contributed by atoms with Crippen molar-refractivity contribution in [3.63, 3.8) is 0 Å². The molecule has 0 fully saturated rings. The van der Waals surface area contributed by atoms with Crippen LogP contribution in [-0.4, -0.2) is 8.42 Å². The first-order valence-corrected chi connectivity index (χ1v) is 8.45. The number of aryl methyl sites for hydroxylation is 2. The first-order chi connectivity index (χ1) is 9.27. The van der Waals surface area contributed by atoms with Crippen molar-refractivity contribution in [3.8, 4) is 11.5 Å². The predicted octanol–water partition coefficient (Wildman–Crippen LogP) is 4.68. The van der Waals surface area contributed by atoms with Crippen molar-refractivity contribution in [2.24, 2.45) is 0 Å². The highest BCUT2D eigenvalue weighted by molar-refractivity contribution is 8.13. The molecule has 0 heterocycles. The molecule has 0 saturated heterocycles. The van der Waals surface area contributed by atoms with Crippen molar-refractivity contribution in [1.82, 2.24) is 0 Å². The van der Waals surface area contributed by atoms with Crippen LogP contribution in [0.3, 0.4) is 0 Å². The Balaban J connectivity index is 2.32. The minimum Gasteiger partial charge on any atom is -0.456 e. The zero-order chi connectivity index (χ0) is 14.9. The van der Waals surface area contributed by atoms with E-state index in [1.54, 1.807) is 0 Å². The summed E-state index contributed by atoms with van der Waals surface area (Å²) >= 11 is 6.01. The van der Waals surface area contributed by atoms with Crippen LogP contribution < -0.4 is 4.74 Å². The standard InChI is InChI=1S/C14H12Cl2O3S/c1-9-3-4-11(7-10(9)2)19-14-6-5-12(8-13(14)15)20(16,17)18/h3-8H,1-2H3.